The molecule has 1 heteroatoms. The van der Waals surface area contributed by atoms with Crippen LogP contribution in [-0.2, 0) is 4.74 Å². The summed E-state index contributed by atoms with van der Waals surface area (Å²) in [6.07, 6.45) is 6.98. The number of rotatable bonds is 2. The van der Waals surface area contributed by atoms with Crippen LogP contribution < -0.4 is 0 Å². The second-order valence-electron chi connectivity index (χ2n) is 3.13. The zero-order valence-corrected chi connectivity index (χ0v) is 8.23. The molecule has 68 valence electrons. The average molecular weight is 158 g/mol. The third kappa shape index (κ3) is 6.36. The Morgan fingerprint density at radius 1 is 1.27 bits per heavy atom. The molecule has 1 heterocycles. The van der Waals surface area contributed by atoms with Gasteiger partial charge in [0.2, 0.25) is 0 Å². The third-order valence-corrected chi connectivity index (χ3v) is 1.63. The summed E-state index contributed by atoms with van der Waals surface area (Å²) in [6, 6.07) is 0. The SMILES string of the molecule is CCC.CCCC1CCCO1. The maximum atomic E-state index is 5.39. The van der Waals surface area contributed by atoms with Crippen molar-refractivity contribution >= 4 is 0 Å². The van der Waals surface area contributed by atoms with Gasteiger partial charge in [-0.3, -0.25) is 0 Å². The number of hydrogen-bond acceptors (Lipinski definition) is 1. The standard InChI is InChI=1S/C7H14O.C3H8/c1-2-4-7-5-3-6-8-7;1-3-2/h7H,2-6H2,1H3;3H2,1-2H3. The Kier molecular flexibility index (Phi) is 8.03. The molecule has 0 spiro atoms. The van der Waals surface area contributed by atoms with Crippen molar-refractivity contribution in [1.82, 2.24) is 0 Å². The lowest BCUT2D eigenvalue weighted by Gasteiger charge is -2.04. The molecule has 11 heavy (non-hydrogen) atoms. The summed E-state index contributed by atoms with van der Waals surface area (Å²) in [4.78, 5) is 0. The molecular weight excluding hydrogens is 136 g/mol. The lowest BCUT2D eigenvalue weighted by molar-refractivity contribution is 0.103. The molecule has 0 aliphatic carbocycles. The van der Waals surface area contributed by atoms with Crippen LogP contribution in [-0.4, -0.2) is 12.7 Å². The monoisotopic (exact) mass is 158 g/mol. The topological polar surface area (TPSA) is 9.23 Å². The largest absolute Gasteiger partial charge is 0.378 e. The van der Waals surface area contributed by atoms with Gasteiger partial charge in [-0.15, -0.1) is 0 Å². The molecule has 0 bridgehead atoms. The highest BCUT2D eigenvalue weighted by molar-refractivity contribution is 4.62. The Hall–Kier alpha value is -0.0400. The molecule has 0 aromatic carbocycles. The molecule has 1 aliphatic heterocycles. The second-order valence-corrected chi connectivity index (χ2v) is 3.13. The molecule has 1 aliphatic rings. The summed E-state index contributed by atoms with van der Waals surface area (Å²) >= 11 is 0. The van der Waals surface area contributed by atoms with E-state index in [2.05, 4.69) is 20.8 Å². The van der Waals surface area contributed by atoms with Gasteiger partial charge in [0.15, 0.2) is 0 Å². The zero-order chi connectivity index (χ0) is 8.53. The Morgan fingerprint density at radius 3 is 2.27 bits per heavy atom. The third-order valence-electron chi connectivity index (χ3n) is 1.63. The summed E-state index contributed by atoms with van der Waals surface area (Å²) in [5, 5.41) is 0. The van der Waals surface area contributed by atoms with Gasteiger partial charge in [0.25, 0.3) is 0 Å². The first-order chi connectivity index (χ1) is 5.35. The fraction of sp³-hybridized carbons (Fsp3) is 1.00. The summed E-state index contributed by atoms with van der Waals surface area (Å²) in [5.74, 6) is 0. The van der Waals surface area contributed by atoms with E-state index in [0.717, 1.165) is 6.61 Å². The minimum Gasteiger partial charge on any atom is -0.378 e. The van der Waals surface area contributed by atoms with Gasteiger partial charge in [-0.05, 0) is 19.3 Å². The maximum absolute atomic E-state index is 5.39. The highest BCUT2D eigenvalue weighted by Gasteiger charge is 2.12. The van der Waals surface area contributed by atoms with E-state index in [1.165, 1.54) is 32.1 Å². The minimum absolute atomic E-state index is 0.611. The fourth-order valence-electron chi connectivity index (χ4n) is 1.19. The van der Waals surface area contributed by atoms with Gasteiger partial charge < -0.3 is 4.74 Å². The van der Waals surface area contributed by atoms with E-state index < -0.39 is 0 Å². The van der Waals surface area contributed by atoms with Crippen LogP contribution in [0.3, 0.4) is 0 Å². The van der Waals surface area contributed by atoms with Crippen molar-refractivity contribution in [3.63, 3.8) is 0 Å². The lowest BCUT2D eigenvalue weighted by atomic mass is 10.1. The Morgan fingerprint density at radius 2 is 1.91 bits per heavy atom. The van der Waals surface area contributed by atoms with Crippen LogP contribution in [0.25, 0.3) is 0 Å². The zero-order valence-electron chi connectivity index (χ0n) is 8.23. The van der Waals surface area contributed by atoms with Gasteiger partial charge >= 0.3 is 0 Å². The Balaban J connectivity index is 0.000000292. The van der Waals surface area contributed by atoms with E-state index >= 15 is 0 Å². The van der Waals surface area contributed by atoms with Crippen molar-refractivity contribution in [3.05, 3.63) is 0 Å². The first-order valence-electron chi connectivity index (χ1n) is 4.96. The quantitative estimate of drug-likeness (QED) is 0.598. The van der Waals surface area contributed by atoms with Crippen LogP contribution in [0.15, 0.2) is 0 Å². The molecule has 0 radical (unpaired) electrons. The lowest BCUT2D eigenvalue weighted by Crippen LogP contribution is -2.02. The van der Waals surface area contributed by atoms with Crippen molar-refractivity contribution in [1.29, 1.82) is 0 Å². The molecule has 1 saturated heterocycles. The number of ether oxygens (including phenoxy) is 1. The molecule has 1 unspecified atom stereocenters. The number of hydrogen-bond donors (Lipinski definition) is 0. The molecule has 1 rings (SSSR count). The highest BCUT2D eigenvalue weighted by Crippen LogP contribution is 2.15. The summed E-state index contributed by atoms with van der Waals surface area (Å²) in [5.41, 5.74) is 0. The average Bonchev–Trinajstić information content (AvgIpc) is 2.42. The van der Waals surface area contributed by atoms with Crippen LogP contribution in [0.4, 0.5) is 0 Å². The normalized spacial score (nSPS) is 22.6. The predicted molar refractivity (Wildman–Crippen MR) is 49.8 cm³/mol. The van der Waals surface area contributed by atoms with Gasteiger partial charge in [0.05, 0.1) is 6.10 Å². The summed E-state index contributed by atoms with van der Waals surface area (Å²) < 4.78 is 5.39. The van der Waals surface area contributed by atoms with E-state index in [0.29, 0.717) is 6.10 Å². The van der Waals surface area contributed by atoms with Crippen molar-refractivity contribution in [2.24, 2.45) is 0 Å². The van der Waals surface area contributed by atoms with E-state index in [9.17, 15) is 0 Å². The molecule has 1 fully saturated rings. The van der Waals surface area contributed by atoms with Crippen LogP contribution >= 0.6 is 0 Å². The van der Waals surface area contributed by atoms with Gasteiger partial charge in [-0.1, -0.05) is 33.6 Å². The van der Waals surface area contributed by atoms with Crippen LogP contribution in [0.1, 0.15) is 52.9 Å². The van der Waals surface area contributed by atoms with E-state index in [1.54, 1.807) is 0 Å². The summed E-state index contributed by atoms with van der Waals surface area (Å²) in [6.45, 7) is 7.46. The molecule has 0 N–H and O–H groups in total. The van der Waals surface area contributed by atoms with Gasteiger partial charge in [0, 0.05) is 6.61 Å². The van der Waals surface area contributed by atoms with Crippen molar-refractivity contribution in [2.45, 2.75) is 59.0 Å². The molecule has 1 atom stereocenters. The molecule has 0 aromatic heterocycles. The van der Waals surface area contributed by atoms with Crippen molar-refractivity contribution in [3.8, 4) is 0 Å². The highest BCUT2D eigenvalue weighted by atomic mass is 16.5. The first-order valence-corrected chi connectivity index (χ1v) is 4.96. The fourth-order valence-corrected chi connectivity index (χ4v) is 1.19. The second kappa shape index (κ2) is 8.06. The first kappa shape index (κ1) is 11.0. The van der Waals surface area contributed by atoms with Crippen molar-refractivity contribution < 1.29 is 4.74 Å². The van der Waals surface area contributed by atoms with E-state index in [4.69, 9.17) is 4.74 Å². The predicted octanol–water partition coefficient (Wildman–Crippen LogP) is 3.38. The van der Waals surface area contributed by atoms with E-state index in [-0.39, 0.29) is 0 Å². The summed E-state index contributed by atoms with van der Waals surface area (Å²) in [7, 11) is 0. The van der Waals surface area contributed by atoms with Crippen LogP contribution in [0, 0.1) is 0 Å². The molecule has 0 saturated carbocycles. The minimum atomic E-state index is 0.611. The molecule has 0 aromatic rings. The maximum Gasteiger partial charge on any atom is 0.0575 e. The van der Waals surface area contributed by atoms with Crippen molar-refractivity contribution in [2.75, 3.05) is 6.61 Å². The van der Waals surface area contributed by atoms with Crippen LogP contribution in [0.5, 0.6) is 0 Å². The molecule has 1 nitrogen and oxygen atoms in total. The van der Waals surface area contributed by atoms with Crippen LogP contribution in [0.2, 0.25) is 0 Å². The van der Waals surface area contributed by atoms with Gasteiger partial charge in [-0.2, -0.15) is 0 Å². The van der Waals surface area contributed by atoms with Gasteiger partial charge in [0.1, 0.15) is 0 Å². The van der Waals surface area contributed by atoms with Gasteiger partial charge in [-0.25, -0.2) is 0 Å². The van der Waals surface area contributed by atoms with E-state index in [1.807, 2.05) is 0 Å². The molecule has 0 amide bonds. The molecular formula is C10H22O. The Labute approximate surface area is 71.1 Å². The smallest absolute Gasteiger partial charge is 0.0575 e. The Bertz CT molecular complexity index is 65.3.